The van der Waals surface area contributed by atoms with Crippen molar-refractivity contribution in [3.05, 3.63) is 24.3 Å². The van der Waals surface area contributed by atoms with Crippen molar-refractivity contribution in [2.45, 2.75) is 56.1 Å². The maximum absolute atomic E-state index is 12.7. The number of anilines is 1. The summed E-state index contributed by atoms with van der Waals surface area (Å²) in [5, 5.41) is 2.61. The van der Waals surface area contributed by atoms with Crippen molar-refractivity contribution < 1.29 is 26.4 Å². The summed E-state index contributed by atoms with van der Waals surface area (Å²) >= 11 is 0. The second-order valence-corrected chi connectivity index (χ2v) is 7.85. The first kappa shape index (κ1) is 19.7. The molecule has 1 amide bonds. The third-order valence-corrected chi connectivity index (χ3v) is 5.82. The zero-order valence-corrected chi connectivity index (χ0v) is 14.6. The van der Waals surface area contributed by atoms with Crippen molar-refractivity contribution in [2.24, 2.45) is 5.92 Å². The van der Waals surface area contributed by atoms with E-state index in [1.54, 1.807) is 6.92 Å². The van der Waals surface area contributed by atoms with Crippen LogP contribution in [0.25, 0.3) is 0 Å². The highest BCUT2D eigenvalue weighted by Crippen LogP contribution is 2.37. The molecule has 1 aromatic carbocycles. The Morgan fingerprint density at radius 1 is 1.12 bits per heavy atom. The molecule has 0 unspecified atom stereocenters. The third kappa shape index (κ3) is 5.43. The van der Waals surface area contributed by atoms with Gasteiger partial charge in [-0.15, -0.1) is 0 Å². The molecule has 2 N–H and O–H groups in total. The van der Waals surface area contributed by atoms with Gasteiger partial charge in [0.05, 0.1) is 10.8 Å². The molecule has 0 atom stereocenters. The molecule has 0 spiro atoms. The molecule has 1 fully saturated rings. The van der Waals surface area contributed by atoms with Crippen molar-refractivity contribution in [2.75, 3.05) is 5.32 Å². The molecule has 1 aromatic rings. The third-order valence-electron chi connectivity index (χ3n) is 4.28. The lowest BCUT2D eigenvalue weighted by molar-refractivity contribution is -0.182. The van der Waals surface area contributed by atoms with Crippen LogP contribution in [0.15, 0.2) is 29.2 Å². The Morgan fingerprint density at radius 3 is 2.16 bits per heavy atom. The number of benzene rings is 1. The van der Waals surface area contributed by atoms with Gasteiger partial charge in [-0.1, -0.05) is 6.92 Å². The van der Waals surface area contributed by atoms with Crippen LogP contribution in [0, 0.1) is 5.92 Å². The van der Waals surface area contributed by atoms with Gasteiger partial charge in [0.15, 0.2) is 0 Å². The number of carbonyl (C=O) groups is 1. The van der Waals surface area contributed by atoms with E-state index in [0.29, 0.717) is 12.1 Å². The molecule has 0 radical (unpaired) electrons. The molecule has 1 aliphatic carbocycles. The Labute approximate surface area is 145 Å². The van der Waals surface area contributed by atoms with E-state index in [0.717, 1.165) is 0 Å². The Kier molecular flexibility index (Phi) is 6.10. The minimum absolute atomic E-state index is 0.0138. The molecular formula is C16H21F3N2O3S. The SMILES string of the molecule is CCC(=O)Nc1ccc(S(=O)(=O)NC2CCC(C(F)(F)F)CC2)cc1. The predicted octanol–water partition coefficient (Wildman–Crippen LogP) is 3.43. The molecule has 1 saturated carbocycles. The van der Waals surface area contributed by atoms with Gasteiger partial charge in [-0.2, -0.15) is 13.2 Å². The Balaban J connectivity index is 1.97. The van der Waals surface area contributed by atoms with E-state index >= 15 is 0 Å². The van der Waals surface area contributed by atoms with E-state index in [1.807, 2.05) is 0 Å². The van der Waals surface area contributed by atoms with Gasteiger partial charge >= 0.3 is 6.18 Å². The number of alkyl halides is 3. The lowest BCUT2D eigenvalue weighted by Gasteiger charge is -2.30. The monoisotopic (exact) mass is 378 g/mol. The number of halogens is 3. The maximum Gasteiger partial charge on any atom is 0.391 e. The van der Waals surface area contributed by atoms with Gasteiger partial charge in [-0.25, -0.2) is 13.1 Å². The van der Waals surface area contributed by atoms with E-state index in [9.17, 15) is 26.4 Å². The van der Waals surface area contributed by atoms with Gasteiger partial charge in [0.25, 0.3) is 0 Å². The first-order chi connectivity index (χ1) is 11.6. The molecule has 5 nitrogen and oxygen atoms in total. The Bertz CT molecular complexity index is 694. The summed E-state index contributed by atoms with van der Waals surface area (Å²) in [6.07, 6.45) is -3.73. The number of nitrogens with one attached hydrogen (secondary N) is 2. The summed E-state index contributed by atoms with van der Waals surface area (Å²) in [6, 6.07) is 5.16. The van der Waals surface area contributed by atoms with E-state index in [1.165, 1.54) is 24.3 Å². The van der Waals surface area contributed by atoms with Crippen molar-refractivity contribution in [3.8, 4) is 0 Å². The zero-order valence-electron chi connectivity index (χ0n) is 13.8. The highest BCUT2D eigenvalue weighted by molar-refractivity contribution is 7.89. The van der Waals surface area contributed by atoms with E-state index < -0.39 is 28.2 Å². The quantitative estimate of drug-likeness (QED) is 0.824. The molecule has 0 heterocycles. The summed E-state index contributed by atoms with van der Waals surface area (Å²) in [5.41, 5.74) is 0.483. The highest BCUT2D eigenvalue weighted by atomic mass is 32.2. The molecule has 0 aliphatic heterocycles. The molecule has 1 aliphatic rings. The summed E-state index contributed by atoms with van der Waals surface area (Å²) in [6.45, 7) is 1.70. The van der Waals surface area contributed by atoms with Crippen molar-refractivity contribution >= 4 is 21.6 Å². The number of rotatable bonds is 5. The van der Waals surface area contributed by atoms with Crippen LogP contribution < -0.4 is 10.0 Å². The average Bonchev–Trinajstić information content (AvgIpc) is 2.54. The fourth-order valence-electron chi connectivity index (χ4n) is 2.79. The first-order valence-corrected chi connectivity index (χ1v) is 9.59. The van der Waals surface area contributed by atoms with Crippen LogP contribution in [0.1, 0.15) is 39.0 Å². The van der Waals surface area contributed by atoms with Crippen LogP contribution in [0.3, 0.4) is 0 Å². The normalized spacial score (nSPS) is 21.8. The van der Waals surface area contributed by atoms with Crippen LogP contribution in [0.4, 0.5) is 18.9 Å². The van der Waals surface area contributed by atoms with Gasteiger partial charge in [0.1, 0.15) is 0 Å². The molecular weight excluding hydrogens is 357 g/mol. The first-order valence-electron chi connectivity index (χ1n) is 8.11. The lowest BCUT2D eigenvalue weighted by atomic mass is 9.86. The molecule has 0 saturated heterocycles. The standard InChI is InChI=1S/C16H21F3N2O3S/c1-2-15(22)20-12-7-9-14(10-8-12)25(23,24)21-13-5-3-11(4-6-13)16(17,18)19/h7-11,13,21H,2-6H2,1H3,(H,20,22). The van der Waals surface area contributed by atoms with Gasteiger partial charge in [-0.3, -0.25) is 4.79 Å². The van der Waals surface area contributed by atoms with E-state index in [-0.39, 0.29) is 36.5 Å². The summed E-state index contributed by atoms with van der Waals surface area (Å²) in [4.78, 5) is 11.3. The minimum atomic E-state index is -4.22. The van der Waals surface area contributed by atoms with Crippen molar-refractivity contribution in [1.82, 2.24) is 4.72 Å². The van der Waals surface area contributed by atoms with Crippen molar-refractivity contribution in [3.63, 3.8) is 0 Å². The molecule has 2 rings (SSSR count). The van der Waals surface area contributed by atoms with Gasteiger partial charge in [0, 0.05) is 18.2 Å². The molecule has 25 heavy (non-hydrogen) atoms. The number of sulfonamides is 1. The Morgan fingerprint density at radius 2 is 1.68 bits per heavy atom. The fraction of sp³-hybridized carbons (Fsp3) is 0.562. The van der Waals surface area contributed by atoms with Gasteiger partial charge < -0.3 is 5.32 Å². The van der Waals surface area contributed by atoms with Crippen LogP contribution >= 0.6 is 0 Å². The second kappa shape index (κ2) is 7.74. The topological polar surface area (TPSA) is 75.3 Å². The largest absolute Gasteiger partial charge is 0.391 e. The van der Waals surface area contributed by atoms with Crippen LogP contribution in [-0.4, -0.2) is 26.5 Å². The Hall–Kier alpha value is -1.61. The average molecular weight is 378 g/mol. The molecule has 0 aromatic heterocycles. The van der Waals surface area contributed by atoms with Crippen molar-refractivity contribution in [1.29, 1.82) is 0 Å². The highest BCUT2D eigenvalue weighted by Gasteiger charge is 2.41. The minimum Gasteiger partial charge on any atom is -0.326 e. The van der Waals surface area contributed by atoms with Gasteiger partial charge in [-0.05, 0) is 49.9 Å². The molecule has 9 heteroatoms. The lowest BCUT2D eigenvalue weighted by Crippen LogP contribution is -2.39. The summed E-state index contributed by atoms with van der Waals surface area (Å²) in [7, 11) is -3.81. The van der Waals surface area contributed by atoms with Crippen LogP contribution in [0.5, 0.6) is 0 Å². The van der Waals surface area contributed by atoms with Crippen LogP contribution in [0.2, 0.25) is 0 Å². The number of hydrogen-bond acceptors (Lipinski definition) is 3. The zero-order chi connectivity index (χ0) is 18.7. The maximum atomic E-state index is 12.7. The smallest absolute Gasteiger partial charge is 0.326 e. The fourth-order valence-corrected chi connectivity index (χ4v) is 4.10. The van der Waals surface area contributed by atoms with Crippen LogP contribution in [-0.2, 0) is 14.8 Å². The number of hydrogen-bond donors (Lipinski definition) is 2. The van der Waals surface area contributed by atoms with Gasteiger partial charge in [0.2, 0.25) is 15.9 Å². The predicted molar refractivity (Wildman–Crippen MR) is 87.5 cm³/mol. The van der Waals surface area contributed by atoms with E-state index in [2.05, 4.69) is 10.0 Å². The molecule has 0 bridgehead atoms. The van der Waals surface area contributed by atoms with E-state index in [4.69, 9.17) is 0 Å². The summed E-state index contributed by atoms with van der Waals surface area (Å²) in [5.74, 6) is -1.54. The number of carbonyl (C=O) groups excluding carboxylic acids is 1. The molecule has 140 valence electrons. The second-order valence-electron chi connectivity index (χ2n) is 6.14. The summed E-state index contributed by atoms with van der Waals surface area (Å²) < 4.78 is 65.1. The number of amides is 1.